The fourth-order valence-electron chi connectivity index (χ4n) is 1.00. The van der Waals surface area contributed by atoms with Crippen molar-refractivity contribution in [2.75, 3.05) is 19.0 Å². The molecule has 0 fully saturated rings. The molecule has 2 heterocycles. The highest BCUT2D eigenvalue weighted by atomic mass is 32.2. The van der Waals surface area contributed by atoms with E-state index in [-0.39, 0.29) is 5.76 Å². The lowest BCUT2D eigenvalue weighted by atomic mass is 10.5. The van der Waals surface area contributed by atoms with Crippen LogP contribution in [0.25, 0.3) is 0 Å². The predicted octanol–water partition coefficient (Wildman–Crippen LogP) is 2.05. The van der Waals surface area contributed by atoms with Crippen molar-refractivity contribution in [2.24, 2.45) is 0 Å². The second-order valence-corrected chi connectivity index (χ2v) is 5.48. The van der Waals surface area contributed by atoms with E-state index < -0.39 is 5.97 Å². The van der Waals surface area contributed by atoms with Gasteiger partial charge in [-0.1, -0.05) is 11.3 Å². The first-order valence-corrected chi connectivity index (χ1v) is 6.21. The molecule has 0 atom stereocenters. The van der Waals surface area contributed by atoms with Crippen molar-refractivity contribution in [1.29, 1.82) is 0 Å². The third-order valence-electron chi connectivity index (χ3n) is 1.76. The third kappa shape index (κ3) is 2.77. The second-order valence-electron chi connectivity index (χ2n) is 3.27. The molecule has 2 aromatic rings. The first-order chi connectivity index (χ1) is 8.06. The van der Waals surface area contributed by atoms with E-state index in [0.29, 0.717) is 9.43 Å². The molecule has 1 N–H and O–H groups in total. The molecule has 0 unspecified atom stereocenters. The van der Waals surface area contributed by atoms with Crippen molar-refractivity contribution >= 4 is 34.2 Å². The van der Waals surface area contributed by atoms with E-state index >= 15 is 0 Å². The fraction of sp³-hybridized carbons (Fsp3) is 0.222. The van der Waals surface area contributed by atoms with Gasteiger partial charge in [0.1, 0.15) is 0 Å². The van der Waals surface area contributed by atoms with Crippen molar-refractivity contribution in [2.45, 2.75) is 9.43 Å². The molecule has 6 nitrogen and oxygen atoms in total. The molecule has 2 aromatic heterocycles. The number of hydrogen-bond donors (Lipinski definition) is 1. The minimum atomic E-state index is -1.08. The normalized spacial score (nSPS) is 10.5. The van der Waals surface area contributed by atoms with Gasteiger partial charge in [-0.05, 0) is 23.9 Å². The average Bonchev–Trinajstić information content (AvgIpc) is 2.87. The molecule has 0 aromatic carbocycles. The Hall–Kier alpha value is -1.54. The van der Waals surface area contributed by atoms with Crippen molar-refractivity contribution in [1.82, 2.24) is 10.2 Å². The monoisotopic (exact) mass is 271 g/mol. The molecular weight excluding hydrogens is 262 g/mol. The molecule has 0 spiro atoms. The zero-order valence-corrected chi connectivity index (χ0v) is 10.7. The Balaban J connectivity index is 2.11. The molecular formula is C9H9N3O3S2. The quantitative estimate of drug-likeness (QED) is 0.911. The van der Waals surface area contributed by atoms with Gasteiger partial charge >= 0.3 is 5.97 Å². The summed E-state index contributed by atoms with van der Waals surface area (Å²) in [7, 11) is 3.76. The maximum atomic E-state index is 10.6. The average molecular weight is 271 g/mol. The van der Waals surface area contributed by atoms with E-state index in [9.17, 15) is 4.79 Å². The molecule has 0 amide bonds. The Morgan fingerprint density at radius 2 is 2.24 bits per heavy atom. The van der Waals surface area contributed by atoms with E-state index in [0.717, 1.165) is 5.13 Å². The zero-order chi connectivity index (χ0) is 12.4. The minimum absolute atomic E-state index is 0.0788. The Labute approximate surface area is 105 Å². The number of rotatable bonds is 4. The molecule has 8 heteroatoms. The van der Waals surface area contributed by atoms with Crippen LogP contribution in [0.2, 0.25) is 0 Å². The van der Waals surface area contributed by atoms with Crippen LogP contribution >= 0.6 is 23.1 Å². The van der Waals surface area contributed by atoms with E-state index in [1.165, 1.54) is 29.2 Å². The Morgan fingerprint density at radius 1 is 1.47 bits per heavy atom. The van der Waals surface area contributed by atoms with Crippen molar-refractivity contribution in [3.63, 3.8) is 0 Å². The summed E-state index contributed by atoms with van der Waals surface area (Å²) in [5, 5.41) is 17.9. The molecule has 0 saturated carbocycles. The molecule has 2 rings (SSSR count). The number of aromatic carboxylic acids is 1. The molecule has 0 aliphatic carbocycles. The molecule has 17 heavy (non-hydrogen) atoms. The topological polar surface area (TPSA) is 79.5 Å². The van der Waals surface area contributed by atoms with Crippen molar-refractivity contribution in [3.8, 4) is 0 Å². The van der Waals surface area contributed by atoms with Crippen LogP contribution in [0.3, 0.4) is 0 Å². The molecule has 90 valence electrons. The smallest absolute Gasteiger partial charge is 0.371 e. The van der Waals surface area contributed by atoms with Gasteiger partial charge in [0.05, 0.1) is 0 Å². The first kappa shape index (κ1) is 11.9. The summed E-state index contributed by atoms with van der Waals surface area (Å²) < 4.78 is 5.82. The van der Waals surface area contributed by atoms with Gasteiger partial charge in [-0.15, -0.1) is 10.2 Å². The van der Waals surface area contributed by atoms with E-state index in [2.05, 4.69) is 10.2 Å². The van der Waals surface area contributed by atoms with Gasteiger partial charge < -0.3 is 14.4 Å². The third-order valence-corrected chi connectivity index (χ3v) is 3.82. The summed E-state index contributed by atoms with van der Waals surface area (Å²) in [5.74, 6) is -1.16. The highest BCUT2D eigenvalue weighted by Crippen LogP contribution is 2.33. The maximum Gasteiger partial charge on any atom is 0.371 e. The summed E-state index contributed by atoms with van der Waals surface area (Å²) in [4.78, 5) is 12.5. The lowest BCUT2D eigenvalue weighted by Crippen LogP contribution is -2.07. The van der Waals surface area contributed by atoms with Gasteiger partial charge in [0, 0.05) is 14.1 Å². The Bertz CT molecular complexity index is 535. The van der Waals surface area contributed by atoms with Crippen LogP contribution < -0.4 is 4.90 Å². The molecule has 0 radical (unpaired) electrons. The Kier molecular flexibility index (Phi) is 3.34. The molecule has 0 aliphatic heterocycles. The number of hydrogen-bond acceptors (Lipinski definition) is 7. The van der Waals surface area contributed by atoms with Gasteiger partial charge in [0.2, 0.25) is 10.9 Å². The highest BCUT2D eigenvalue weighted by molar-refractivity contribution is 8.01. The first-order valence-electron chi connectivity index (χ1n) is 4.58. The van der Waals surface area contributed by atoms with Crippen LogP contribution in [0.5, 0.6) is 0 Å². The van der Waals surface area contributed by atoms with Crippen LogP contribution in [0.1, 0.15) is 10.6 Å². The number of carboxylic acids is 1. The summed E-state index contributed by atoms with van der Waals surface area (Å²) >= 11 is 2.67. The van der Waals surface area contributed by atoms with Crippen molar-refractivity contribution in [3.05, 3.63) is 17.9 Å². The number of furan rings is 1. The van der Waals surface area contributed by atoms with Gasteiger partial charge in [-0.3, -0.25) is 0 Å². The standard InChI is InChI=1S/C9H9N3O3S2/c1-12(2)8-10-11-9(17-8)16-6-4-3-5(15-6)7(13)14/h3-4H,1-2H3,(H,13,14). The number of anilines is 1. The van der Waals surface area contributed by atoms with Gasteiger partial charge in [0.15, 0.2) is 9.43 Å². The van der Waals surface area contributed by atoms with E-state index in [1.807, 2.05) is 19.0 Å². The maximum absolute atomic E-state index is 10.6. The zero-order valence-electron chi connectivity index (χ0n) is 9.08. The van der Waals surface area contributed by atoms with Crippen LogP contribution in [0, 0.1) is 0 Å². The summed E-state index contributed by atoms with van der Waals surface area (Å²) in [6.07, 6.45) is 0. The predicted molar refractivity (Wildman–Crippen MR) is 64.0 cm³/mol. The SMILES string of the molecule is CN(C)c1nnc(Sc2ccc(C(=O)O)o2)s1. The fourth-order valence-corrected chi connectivity index (χ4v) is 2.66. The lowest BCUT2D eigenvalue weighted by Gasteiger charge is -2.03. The minimum Gasteiger partial charge on any atom is -0.475 e. The van der Waals surface area contributed by atoms with Crippen LogP contribution in [-0.2, 0) is 0 Å². The number of nitrogens with zero attached hydrogens (tertiary/aromatic N) is 3. The Morgan fingerprint density at radius 3 is 2.76 bits per heavy atom. The molecule has 0 bridgehead atoms. The molecule has 0 saturated heterocycles. The number of aromatic nitrogens is 2. The lowest BCUT2D eigenvalue weighted by molar-refractivity contribution is 0.0656. The van der Waals surface area contributed by atoms with E-state index in [4.69, 9.17) is 9.52 Å². The van der Waals surface area contributed by atoms with Crippen LogP contribution in [0.4, 0.5) is 5.13 Å². The van der Waals surface area contributed by atoms with Gasteiger partial charge in [-0.2, -0.15) is 0 Å². The molecule has 0 aliphatic rings. The van der Waals surface area contributed by atoms with Gasteiger partial charge in [-0.25, -0.2) is 4.79 Å². The van der Waals surface area contributed by atoms with E-state index in [1.54, 1.807) is 6.07 Å². The highest BCUT2D eigenvalue weighted by Gasteiger charge is 2.12. The summed E-state index contributed by atoms with van der Waals surface area (Å²) in [6.45, 7) is 0. The summed E-state index contributed by atoms with van der Waals surface area (Å²) in [6, 6.07) is 3.02. The second kappa shape index (κ2) is 4.76. The van der Waals surface area contributed by atoms with Crippen LogP contribution in [-0.4, -0.2) is 35.4 Å². The van der Waals surface area contributed by atoms with Gasteiger partial charge in [0.25, 0.3) is 0 Å². The number of carboxylic acid groups (broad SMARTS) is 1. The van der Waals surface area contributed by atoms with Crippen molar-refractivity contribution < 1.29 is 14.3 Å². The van der Waals surface area contributed by atoms with Crippen LogP contribution in [0.15, 0.2) is 26.0 Å². The largest absolute Gasteiger partial charge is 0.475 e. The summed E-state index contributed by atoms with van der Waals surface area (Å²) in [5.41, 5.74) is 0. The number of carbonyl (C=O) groups is 1.